The van der Waals surface area contributed by atoms with Gasteiger partial charge < -0.3 is 4.74 Å². The first-order valence-corrected chi connectivity index (χ1v) is 7.01. The highest BCUT2D eigenvalue weighted by Crippen LogP contribution is 2.21. The van der Waals surface area contributed by atoms with Crippen molar-refractivity contribution in [2.75, 3.05) is 12.4 Å². The van der Waals surface area contributed by atoms with Gasteiger partial charge >= 0.3 is 0 Å². The quantitative estimate of drug-likeness (QED) is 0.689. The smallest absolute Gasteiger partial charge is 0.232 e. The lowest BCUT2D eigenvalue weighted by molar-refractivity contribution is -0.0107. The van der Waals surface area contributed by atoms with Crippen molar-refractivity contribution in [3.05, 3.63) is 0 Å². The van der Waals surface area contributed by atoms with Crippen LogP contribution in [-0.4, -0.2) is 26.9 Å². The number of halogens is 1. The van der Waals surface area contributed by atoms with E-state index in [2.05, 4.69) is 0 Å². The Labute approximate surface area is 83.8 Å². The van der Waals surface area contributed by atoms with Crippen molar-refractivity contribution in [2.45, 2.75) is 32.3 Å². The zero-order chi connectivity index (χ0) is 9.90. The average molecular weight is 227 g/mol. The Hall–Kier alpha value is 0.200. The van der Waals surface area contributed by atoms with Crippen molar-refractivity contribution >= 4 is 19.7 Å². The monoisotopic (exact) mass is 226 g/mol. The van der Waals surface area contributed by atoms with Crippen LogP contribution in [0.3, 0.4) is 0 Å². The molecule has 3 nitrogen and oxygen atoms in total. The molecule has 1 heterocycles. The van der Waals surface area contributed by atoms with E-state index in [-0.39, 0.29) is 17.8 Å². The van der Waals surface area contributed by atoms with Gasteiger partial charge in [-0.2, -0.15) is 0 Å². The number of hydrogen-bond donors (Lipinski definition) is 0. The molecule has 0 aromatic carbocycles. The van der Waals surface area contributed by atoms with Crippen molar-refractivity contribution in [3.63, 3.8) is 0 Å². The van der Waals surface area contributed by atoms with E-state index in [0.29, 0.717) is 0 Å². The van der Waals surface area contributed by atoms with Crippen LogP contribution in [0.1, 0.15) is 26.2 Å². The Balaban J connectivity index is 2.42. The molecule has 0 aromatic rings. The fourth-order valence-electron chi connectivity index (χ4n) is 1.64. The predicted molar refractivity (Wildman–Crippen MR) is 52.4 cm³/mol. The summed E-state index contributed by atoms with van der Waals surface area (Å²) in [5, 5.41) is 0. The van der Waals surface area contributed by atoms with Gasteiger partial charge in [0.25, 0.3) is 0 Å². The first kappa shape index (κ1) is 11.3. The van der Waals surface area contributed by atoms with E-state index < -0.39 is 9.05 Å². The molecule has 1 fully saturated rings. The Bertz CT molecular complexity index is 244. The van der Waals surface area contributed by atoms with Crippen LogP contribution in [0, 0.1) is 5.92 Å². The molecule has 0 radical (unpaired) electrons. The molecule has 0 spiro atoms. The van der Waals surface area contributed by atoms with E-state index in [1.165, 1.54) is 0 Å². The zero-order valence-corrected chi connectivity index (χ0v) is 9.27. The van der Waals surface area contributed by atoms with Gasteiger partial charge in [-0.15, -0.1) is 0 Å². The molecule has 5 heteroatoms. The average Bonchev–Trinajstić information content (AvgIpc) is 2.03. The molecule has 78 valence electrons. The summed E-state index contributed by atoms with van der Waals surface area (Å²) in [5.74, 6) is 0.0157. The molecule has 1 aliphatic heterocycles. The maximum absolute atomic E-state index is 10.8. The van der Waals surface area contributed by atoms with Crippen LogP contribution in [0.2, 0.25) is 0 Å². The molecule has 0 bridgehead atoms. The van der Waals surface area contributed by atoms with Gasteiger partial charge in [0, 0.05) is 17.3 Å². The fourth-order valence-corrected chi connectivity index (χ4v) is 3.07. The lowest BCUT2D eigenvalue weighted by atomic mass is 9.99. The minimum atomic E-state index is -3.38. The fraction of sp³-hybridized carbons (Fsp3) is 1.00. The molecule has 2 atom stereocenters. The summed E-state index contributed by atoms with van der Waals surface area (Å²) in [5.41, 5.74) is 0. The summed E-state index contributed by atoms with van der Waals surface area (Å²) in [4.78, 5) is 0. The van der Waals surface area contributed by atoms with Gasteiger partial charge in [0.1, 0.15) is 0 Å². The minimum Gasteiger partial charge on any atom is -0.378 e. The highest BCUT2D eigenvalue weighted by atomic mass is 35.7. The number of hydrogen-bond acceptors (Lipinski definition) is 3. The number of ether oxygens (including phenoxy) is 1. The standard InChI is InChI=1S/C8H15ClO3S/c1-7(6-13(9,10)11)8-4-2-3-5-12-8/h7-8H,2-6H2,1H3. The third-order valence-corrected chi connectivity index (χ3v) is 3.61. The molecule has 1 saturated heterocycles. The van der Waals surface area contributed by atoms with Crippen LogP contribution < -0.4 is 0 Å². The SMILES string of the molecule is CC(CS(=O)(=O)Cl)C1CCCCO1. The van der Waals surface area contributed by atoms with E-state index >= 15 is 0 Å². The summed E-state index contributed by atoms with van der Waals surface area (Å²) in [6, 6.07) is 0. The third kappa shape index (κ3) is 4.29. The van der Waals surface area contributed by atoms with Crippen LogP contribution in [0.15, 0.2) is 0 Å². The second-order valence-electron chi connectivity index (χ2n) is 3.59. The maximum atomic E-state index is 10.8. The van der Waals surface area contributed by atoms with Gasteiger partial charge in [0.05, 0.1) is 11.9 Å². The zero-order valence-electron chi connectivity index (χ0n) is 7.70. The van der Waals surface area contributed by atoms with Crippen LogP contribution in [0.25, 0.3) is 0 Å². The summed E-state index contributed by atoms with van der Waals surface area (Å²) in [6.45, 7) is 2.62. The molecule has 0 N–H and O–H groups in total. The van der Waals surface area contributed by atoms with Gasteiger partial charge in [0.2, 0.25) is 9.05 Å². The second kappa shape index (κ2) is 4.62. The summed E-state index contributed by atoms with van der Waals surface area (Å²) >= 11 is 0. The van der Waals surface area contributed by atoms with Crippen molar-refractivity contribution < 1.29 is 13.2 Å². The van der Waals surface area contributed by atoms with Crippen molar-refractivity contribution in [3.8, 4) is 0 Å². The van der Waals surface area contributed by atoms with Gasteiger partial charge in [-0.3, -0.25) is 0 Å². The van der Waals surface area contributed by atoms with Crippen molar-refractivity contribution in [2.24, 2.45) is 5.92 Å². The predicted octanol–water partition coefficient (Wildman–Crippen LogP) is 1.76. The Morgan fingerprint density at radius 2 is 2.23 bits per heavy atom. The van der Waals surface area contributed by atoms with Crippen LogP contribution >= 0.6 is 10.7 Å². The van der Waals surface area contributed by atoms with E-state index in [0.717, 1.165) is 25.9 Å². The lowest BCUT2D eigenvalue weighted by Crippen LogP contribution is -2.29. The molecular formula is C8H15ClO3S. The lowest BCUT2D eigenvalue weighted by Gasteiger charge is -2.27. The Morgan fingerprint density at radius 1 is 1.54 bits per heavy atom. The topological polar surface area (TPSA) is 43.4 Å². The Kier molecular flexibility index (Phi) is 4.01. The van der Waals surface area contributed by atoms with Gasteiger partial charge in [-0.1, -0.05) is 6.92 Å². The maximum Gasteiger partial charge on any atom is 0.232 e. The molecule has 2 unspecified atom stereocenters. The normalized spacial score (nSPS) is 27.1. The van der Waals surface area contributed by atoms with Crippen LogP contribution in [0.5, 0.6) is 0 Å². The largest absolute Gasteiger partial charge is 0.378 e. The molecular weight excluding hydrogens is 212 g/mol. The molecule has 1 rings (SSSR count). The Morgan fingerprint density at radius 3 is 2.69 bits per heavy atom. The highest BCUT2D eigenvalue weighted by Gasteiger charge is 2.24. The number of rotatable bonds is 3. The summed E-state index contributed by atoms with van der Waals surface area (Å²) in [6.07, 6.45) is 3.23. The van der Waals surface area contributed by atoms with Crippen LogP contribution in [-0.2, 0) is 13.8 Å². The first-order valence-electron chi connectivity index (χ1n) is 4.53. The molecule has 13 heavy (non-hydrogen) atoms. The highest BCUT2D eigenvalue weighted by molar-refractivity contribution is 8.13. The van der Waals surface area contributed by atoms with E-state index in [1.54, 1.807) is 0 Å². The first-order chi connectivity index (χ1) is 5.99. The molecule has 1 aliphatic rings. The second-order valence-corrected chi connectivity index (χ2v) is 6.41. The summed E-state index contributed by atoms with van der Waals surface area (Å²) < 4.78 is 27.1. The van der Waals surface area contributed by atoms with E-state index in [4.69, 9.17) is 15.4 Å². The molecule has 0 aliphatic carbocycles. The van der Waals surface area contributed by atoms with Crippen LogP contribution in [0.4, 0.5) is 0 Å². The molecule has 0 saturated carbocycles. The van der Waals surface area contributed by atoms with E-state index in [1.807, 2.05) is 6.92 Å². The van der Waals surface area contributed by atoms with Gasteiger partial charge in [0.15, 0.2) is 0 Å². The minimum absolute atomic E-state index is 0.00259. The third-order valence-electron chi connectivity index (χ3n) is 2.31. The van der Waals surface area contributed by atoms with Gasteiger partial charge in [-0.05, 0) is 25.2 Å². The van der Waals surface area contributed by atoms with Crippen molar-refractivity contribution in [1.82, 2.24) is 0 Å². The molecule has 0 aromatic heterocycles. The summed E-state index contributed by atoms with van der Waals surface area (Å²) in [7, 11) is 1.78. The van der Waals surface area contributed by atoms with Gasteiger partial charge in [-0.25, -0.2) is 8.42 Å². The van der Waals surface area contributed by atoms with Crippen molar-refractivity contribution in [1.29, 1.82) is 0 Å². The van der Waals surface area contributed by atoms with E-state index in [9.17, 15) is 8.42 Å². The molecule has 0 amide bonds.